The highest BCUT2D eigenvalue weighted by atomic mass is 127. The van der Waals surface area contributed by atoms with Crippen LogP contribution >= 0.6 is 22.6 Å². The number of halogens is 1. The number of anilines is 1. The molecule has 100 valence electrons. The summed E-state index contributed by atoms with van der Waals surface area (Å²) in [6, 6.07) is 4.57. The minimum absolute atomic E-state index is 0.0783. The maximum absolute atomic E-state index is 10.7. The van der Waals surface area contributed by atoms with Gasteiger partial charge in [0.05, 0.1) is 11.1 Å². The van der Waals surface area contributed by atoms with E-state index >= 15 is 0 Å². The molecule has 0 aliphatic carbocycles. The molecule has 1 N–H and O–H groups in total. The molecule has 2 rings (SSSR count). The lowest BCUT2D eigenvalue weighted by Gasteiger charge is -2.13. The number of aromatic nitrogens is 1. The number of nitrogens with zero attached hydrogens (tertiary/aromatic N) is 2. The topological polar surface area (TPSA) is 81.2 Å². The van der Waals surface area contributed by atoms with Gasteiger partial charge in [-0.15, -0.1) is 0 Å². The van der Waals surface area contributed by atoms with Crippen molar-refractivity contribution in [2.75, 3.05) is 5.32 Å². The summed E-state index contributed by atoms with van der Waals surface area (Å²) in [6.07, 6.45) is 1.66. The van der Waals surface area contributed by atoms with Crippen LogP contribution in [-0.4, -0.2) is 9.91 Å². The highest BCUT2D eigenvalue weighted by Crippen LogP contribution is 2.27. The molecule has 0 aliphatic heterocycles. The Balaban J connectivity index is 2.17. The highest BCUT2D eigenvalue weighted by molar-refractivity contribution is 14.1. The van der Waals surface area contributed by atoms with Gasteiger partial charge in [0.1, 0.15) is 11.8 Å². The second-order valence-corrected chi connectivity index (χ2v) is 5.26. The monoisotopic (exact) mass is 373 g/mol. The molecule has 1 unspecified atom stereocenters. The Kier molecular flexibility index (Phi) is 4.03. The quantitative estimate of drug-likeness (QED) is 0.503. The number of rotatable bonds is 4. The van der Waals surface area contributed by atoms with E-state index in [2.05, 4.69) is 32.9 Å². The van der Waals surface area contributed by atoms with E-state index in [4.69, 9.17) is 4.42 Å². The van der Waals surface area contributed by atoms with Gasteiger partial charge >= 0.3 is 0 Å². The predicted molar refractivity (Wildman–Crippen MR) is 79.1 cm³/mol. The third-order valence-electron chi connectivity index (χ3n) is 2.55. The summed E-state index contributed by atoms with van der Waals surface area (Å²) in [6.45, 7) is 3.75. The van der Waals surface area contributed by atoms with Crippen LogP contribution in [-0.2, 0) is 0 Å². The van der Waals surface area contributed by atoms with E-state index in [9.17, 15) is 10.1 Å². The molecule has 0 amide bonds. The van der Waals surface area contributed by atoms with E-state index in [0.29, 0.717) is 5.89 Å². The summed E-state index contributed by atoms with van der Waals surface area (Å²) in [7, 11) is 0. The number of nitro benzene ring substituents is 1. The summed E-state index contributed by atoms with van der Waals surface area (Å²) >= 11 is 2.06. The lowest BCUT2D eigenvalue weighted by Crippen LogP contribution is -2.08. The van der Waals surface area contributed by atoms with Crippen LogP contribution in [0.4, 0.5) is 11.4 Å². The zero-order chi connectivity index (χ0) is 14.0. The lowest BCUT2D eigenvalue weighted by atomic mass is 10.2. The number of benzene rings is 1. The first-order valence-electron chi connectivity index (χ1n) is 5.60. The van der Waals surface area contributed by atoms with Crippen molar-refractivity contribution in [3.05, 3.63) is 49.7 Å². The minimum Gasteiger partial charge on any atom is -0.444 e. The van der Waals surface area contributed by atoms with E-state index < -0.39 is 4.92 Å². The van der Waals surface area contributed by atoms with Gasteiger partial charge in [-0.2, -0.15) is 0 Å². The number of non-ortho nitro benzene ring substituents is 1. The molecule has 0 saturated carbocycles. The lowest BCUT2D eigenvalue weighted by molar-refractivity contribution is -0.384. The maximum Gasteiger partial charge on any atom is 0.270 e. The average molecular weight is 373 g/mol. The number of nitro groups is 1. The third kappa shape index (κ3) is 3.22. The number of nitrogens with one attached hydrogen (secondary N) is 1. The third-order valence-corrected chi connectivity index (χ3v) is 3.44. The van der Waals surface area contributed by atoms with E-state index in [0.717, 1.165) is 15.0 Å². The van der Waals surface area contributed by atoms with E-state index in [1.165, 1.54) is 12.1 Å². The van der Waals surface area contributed by atoms with Crippen LogP contribution < -0.4 is 5.32 Å². The van der Waals surface area contributed by atoms with Gasteiger partial charge in [-0.1, -0.05) is 0 Å². The summed E-state index contributed by atoms with van der Waals surface area (Å²) in [4.78, 5) is 14.4. The predicted octanol–water partition coefficient (Wildman–Crippen LogP) is 3.67. The number of oxazole rings is 1. The number of hydrogen-bond donors (Lipinski definition) is 1. The van der Waals surface area contributed by atoms with Gasteiger partial charge in [0, 0.05) is 21.4 Å². The molecule has 0 aliphatic rings. The molecule has 1 heterocycles. The Morgan fingerprint density at radius 3 is 2.79 bits per heavy atom. The van der Waals surface area contributed by atoms with Crippen molar-refractivity contribution < 1.29 is 9.34 Å². The SMILES string of the molecule is Cc1cnc(C(C)Nc2ccc([N+](=O)[O-])cc2I)o1. The van der Waals surface area contributed by atoms with Crippen molar-refractivity contribution in [2.45, 2.75) is 19.9 Å². The molecule has 7 heteroatoms. The summed E-state index contributed by atoms with van der Waals surface area (Å²) in [5.74, 6) is 1.34. The van der Waals surface area contributed by atoms with Crippen LogP contribution in [0.15, 0.2) is 28.8 Å². The fraction of sp³-hybridized carbons (Fsp3) is 0.250. The molecule has 1 atom stereocenters. The zero-order valence-electron chi connectivity index (χ0n) is 10.4. The van der Waals surface area contributed by atoms with Gasteiger partial charge in [0.15, 0.2) is 0 Å². The molecule has 0 radical (unpaired) electrons. The van der Waals surface area contributed by atoms with Crippen molar-refractivity contribution >= 4 is 34.0 Å². The Morgan fingerprint density at radius 2 is 2.26 bits per heavy atom. The Hall–Kier alpha value is -1.64. The van der Waals surface area contributed by atoms with Gasteiger partial charge in [-0.25, -0.2) is 4.98 Å². The molecule has 0 saturated heterocycles. The summed E-state index contributed by atoms with van der Waals surface area (Å²) in [5.41, 5.74) is 0.893. The van der Waals surface area contributed by atoms with Crippen LogP contribution in [0.5, 0.6) is 0 Å². The molecule has 1 aromatic carbocycles. The average Bonchev–Trinajstić information content (AvgIpc) is 2.78. The first-order chi connectivity index (χ1) is 8.97. The smallest absolute Gasteiger partial charge is 0.270 e. The molecule has 2 aromatic rings. The van der Waals surface area contributed by atoms with Crippen LogP contribution in [0.25, 0.3) is 0 Å². The highest BCUT2D eigenvalue weighted by Gasteiger charge is 2.14. The molecule has 0 bridgehead atoms. The van der Waals surface area contributed by atoms with Gasteiger partial charge in [-0.05, 0) is 42.5 Å². The standard InChI is InChI=1S/C12H12IN3O3/c1-7-6-14-12(19-7)8(2)15-11-4-3-9(16(17)18)5-10(11)13/h3-6,8,15H,1-2H3. The summed E-state index contributed by atoms with van der Waals surface area (Å²) in [5, 5.41) is 13.9. The summed E-state index contributed by atoms with van der Waals surface area (Å²) < 4.78 is 6.21. The van der Waals surface area contributed by atoms with E-state index in [1.54, 1.807) is 12.3 Å². The van der Waals surface area contributed by atoms with Crippen molar-refractivity contribution in [3.8, 4) is 0 Å². The van der Waals surface area contributed by atoms with E-state index in [1.807, 2.05) is 13.8 Å². The van der Waals surface area contributed by atoms with Crippen LogP contribution in [0.3, 0.4) is 0 Å². The molecule has 19 heavy (non-hydrogen) atoms. The second kappa shape index (κ2) is 5.55. The van der Waals surface area contributed by atoms with Crippen LogP contribution in [0.2, 0.25) is 0 Å². The number of hydrogen-bond acceptors (Lipinski definition) is 5. The molecule has 1 aromatic heterocycles. The Labute approximate surface area is 123 Å². The van der Waals surface area contributed by atoms with Crippen LogP contribution in [0.1, 0.15) is 24.6 Å². The molecule has 0 fully saturated rings. The number of aryl methyl sites for hydroxylation is 1. The molecule has 0 spiro atoms. The van der Waals surface area contributed by atoms with Crippen molar-refractivity contribution in [2.24, 2.45) is 0 Å². The van der Waals surface area contributed by atoms with Gasteiger partial charge < -0.3 is 9.73 Å². The maximum atomic E-state index is 10.7. The minimum atomic E-state index is -0.410. The van der Waals surface area contributed by atoms with Crippen molar-refractivity contribution in [1.82, 2.24) is 4.98 Å². The van der Waals surface area contributed by atoms with Gasteiger partial charge in [-0.3, -0.25) is 10.1 Å². The second-order valence-electron chi connectivity index (χ2n) is 4.10. The van der Waals surface area contributed by atoms with Gasteiger partial charge in [0.25, 0.3) is 5.69 Å². The first kappa shape index (κ1) is 13.8. The largest absolute Gasteiger partial charge is 0.444 e. The van der Waals surface area contributed by atoms with E-state index in [-0.39, 0.29) is 11.7 Å². The molecule has 6 nitrogen and oxygen atoms in total. The molecular weight excluding hydrogens is 361 g/mol. The fourth-order valence-electron chi connectivity index (χ4n) is 1.60. The Bertz CT molecular complexity index is 612. The van der Waals surface area contributed by atoms with Crippen LogP contribution in [0, 0.1) is 20.6 Å². The van der Waals surface area contributed by atoms with Gasteiger partial charge in [0.2, 0.25) is 5.89 Å². The first-order valence-corrected chi connectivity index (χ1v) is 6.68. The normalized spacial score (nSPS) is 12.2. The van der Waals surface area contributed by atoms with Crippen molar-refractivity contribution in [3.63, 3.8) is 0 Å². The fourth-order valence-corrected chi connectivity index (χ4v) is 2.26. The Morgan fingerprint density at radius 1 is 1.53 bits per heavy atom. The van der Waals surface area contributed by atoms with Crippen molar-refractivity contribution in [1.29, 1.82) is 0 Å². The molecular formula is C12H12IN3O3. The zero-order valence-corrected chi connectivity index (χ0v) is 12.5.